The largest absolute Gasteiger partial charge is 0.330 e. The van der Waals surface area contributed by atoms with Crippen LogP contribution in [0.1, 0.15) is 25.3 Å². The number of nitrogens with two attached hydrogens (primary N) is 1. The summed E-state index contributed by atoms with van der Waals surface area (Å²) < 4.78 is 14.8. The molecule has 0 amide bonds. The summed E-state index contributed by atoms with van der Waals surface area (Å²) in [7, 11) is -1.08. The summed E-state index contributed by atoms with van der Waals surface area (Å²) in [6.45, 7) is 3.53. The summed E-state index contributed by atoms with van der Waals surface area (Å²) in [6, 6.07) is 7.89. The summed E-state index contributed by atoms with van der Waals surface area (Å²) in [4.78, 5) is 0.850. The van der Waals surface area contributed by atoms with Crippen LogP contribution in [0, 0.1) is 0 Å². The van der Waals surface area contributed by atoms with Crippen LogP contribution >= 0.6 is 0 Å². The second kappa shape index (κ2) is 7.54. The highest BCUT2D eigenvalue weighted by Crippen LogP contribution is 2.10. The van der Waals surface area contributed by atoms with E-state index < -0.39 is 11.0 Å². The van der Waals surface area contributed by atoms with Gasteiger partial charge in [0.15, 0.2) is 0 Å². The molecule has 0 aliphatic heterocycles. The van der Waals surface area contributed by atoms with Gasteiger partial charge in [0.2, 0.25) is 0 Å². The molecule has 0 saturated carbocycles. The van der Waals surface area contributed by atoms with E-state index in [0.29, 0.717) is 6.54 Å². The van der Waals surface area contributed by atoms with Crippen LogP contribution in [0.5, 0.6) is 0 Å². The van der Waals surface area contributed by atoms with Crippen molar-refractivity contribution < 1.29 is 4.21 Å². The van der Waals surface area contributed by atoms with Crippen LogP contribution in [-0.2, 0) is 17.4 Å². The Bertz CT molecular complexity index is 342. The zero-order valence-electron chi connectivity index (χ0n) is 9.74. The average molecular weight is 240 g/mol. The summed E-state index contributed by atoms with van der Waals surface area (Å²) >= 11 is 0. The first-order valence-corrected chi connectivity index (χ1v) is 6.87. The predicted molar refractivity (Wildman–Crippen MR) is 68.5 cm³/mol. The zero-order valence-corrected chi connectivity index (χ0v) is 10.6. The van der Waals surface area contributed by atoms with Crippen LogP contribution in [0.2, 0.25) is 0 Å². The van der Waals surface area contributed by atoms with Gasteiger partial charge in [-0.3, -0.25) is 0 Å². The summed E-state index contributed by atoms with van der Waals surface area (Å²) in [6.07, 6.45) is 2.91. The van der Waals surface area contributed by atoms with E-state index in [1.165, 1.54) is 5.56 Å². The van der Waals surface area contributed by atoms with Gasteiger partial charge in [0.25, 0.3) is 0 Å². The normalized spacial score (nSPS) is 12.6. The second-order valence-electron chi connectivity index (χ2n) is 3.70. The van der Waals surface area contributed by atoms with Crippen LogP contribution in [0.3, 0.4) is 0 Å². The van der Waals surface area contributed by atoms with Gasteiger partial charge >= 0.3 is 0 Å². The fraction of sp³-hybridized carbons (Fsp3) is 0.500. The highest BCUT2D eigenvalue weighted by Gasteiger charge is 2.03. The quantitative estimate of drug-likeness (QED) is 0.760. The Morgan fingerprint density at radius 3 is 2.94 bits per heavy atom. The van der Waals surface area contributed by atoms with Gasteiger partial charge in [-0.05, 0) is 43.5 Å². The Labute approximate surface area is 100 Å². The van der Waals surface area contributed by atoms with Gasteiger partial charge in [0.1, 0.15) is 11.0 Å². The van der Waals surface area contributed by atoms with Crippen LogP contribution in [0.4, 0.5) is 0 Å². The Hall–Kier alpha value is -0.710. The third kappa shape index (κ3) is 4.43. The fourth-order valence-electron chi connectivity index (χ4n) is 1.40. The van der Waals surface area contributed by atoms with Crippen molar-refractivity contribution in [1.82, 2.24) is 4.72 Å². The van der Waals surface area contributed by atoms with Crippen molar-refractivity contribution in [2.45, 2.75) is 31.1 Å². The first kappa shape index (κ1) is 13.4. The molecule has 0 saturated heterocycles. The van der Waals surface area contributed by atoms with Gasteiger partial charge in [0.05, 0.1) is 4.90 Å². The maximum absolute atomic E-state index is 11.8. The molecule has 0 aliphatic rings. The molecule has 0 radical (unpaired) electrons. The van der Waals surface area contributed by atoms with Crippen molar-refractivity contribution in [2.24, 2.45) is 5.73 Å². The molecular weight excluding hydrogens is 220 g/mol. The van der Waals surface area contributed by atoms with Crippen LogP contribution < -0.4 is 10.5 Å². The Morgan fingerprint density at radius 2 is 2.25 bits per heavy atom. The molecule has 0 bridgehead atoms. The minimum absolute atomic E-state index is 0.696. The van der Waals surface area contributed by atoms with E-state index >= 15 is 0 Å². The number of hydrogen-bond donors (Lipinski definition) is 2. The molecule has 0 spiro atoms. The number of rotatable bonds is 7. The molecular formula is C12H20N2OS. The molecule has 1 aromatic rings. The van der Waals surface area contributed by atoms with Gasteiger partial charge < -0.3 is 5.73 Å². The third-order valence-electron chi connectivity index (χ3n) is 2.27. The SMILES string of the molecule is CCCNS(=O)c1cccc(CCCN)c1. The monoisotopic (exact) mass is 240 g/mol. The molecule has 0 aliphatic carbocycles. The lowest BCUT2D eigenvalue weighted by molar-refractivity contribution is 0.670. The highest BCUT2D eigenvalue weighted by atomic mass is 32.2. The van der Waals surface area contributed by atoms with Crippen molar-refractivity contribution in [3.8, 4) is 0 Å². The number of hydrogen-bond acceptors (Lipinski definition) is 2. The molecule has 1 unspecified atom stereocenters. The summed E-state index contributed by atoms with van der Waals surface area (Å²) in [5, 5.41) is 0. The minimum Gasteiger partial charge on any atom is -0.330 e. The smallest absolute Gasteiger partial charge is 0.124 e. The van der Waals surface area contributed by atoms with Crippen molar-refractivity contribution in [2.75, 3.05) is 13.1 Å². The molecule has 16 heavy (non-hydrogen) atoms. The molecule has 1 aromatic carbocycles. The first-order chi connectivity index (χ1) is 7.77. The molecule has 3 N–H and O–H groups in total. The number of benzene rings is 1. The van der Waals surface area contributed by atoms with Gasteiger partial charge in [0, 0.05) is 6.54 Å². The van der Waals surface area contributed by atoms with Crippen molar-refractivity contribution in [3.05, 3.63) is 29.8 Å². The van der Waals surface area contributed by atoms with E-state index in [-0.39, 0.29) is 0 Å². The van der Waals surface area contributed by atoms with E-state index in [0.717, 1.165) is 30.7 Å². The molecule has 0 fully saturated rings. The van der Waals surface area contributed by atoms with Gasteiger partial charge in [-0.25, -0.2) is 8.93 Å². The molecule has 1 rings (SSSR count). The van der Waals surface area contributed by atoms with Crippen molar-refractivity contribution in [3.63, 3.8) is 0 Å². The number of aryl methyl sites for hydroxylation is 1. The van der Waals surface area contributed by atoms with Gasteiger partial charge in [-0.2, -0.15) is 0 Å². The van der Waals surface area contributed by atoms with Crippen LogP contribution in [0.25, 0.3) is 0 Å². The fourth-order valence-corrected chi connectivity index (χ4v) is 2.42. The van der Waals surface area contributed by atoms with E-state index in [1.807, 2.05) is 18.2 Å². The summed E-state index contributed by atoms with van der Waals surface area (Å²) in [5.74, 6) is 0. The lowest BCUT2D eigenvalue weighted by Crippen LogP contribution is -2.18. The highest BCUT2D eigenvalue weighted by molar-refractivity contribution is 7.83. The zero-order chi connectivity index (χ0) is 11.8. The predicted octanol–water partition coefficient (Wildman–Crippen LogP) is 1.60. The van der Waals surface area contributed by atoms with E-state index in [9.17, 15) is 4.21 Å². The Kier molecular flexibility index (Phi) is 6.30. The lowest BCUT2D eigenvalue weighted by Gasteiger charge is -2.05. The molecule has 4 heteroatoms. The van der Waals surface area contributed by atoms with E-state index in [1.54, 1.807) is 0 Å². The maximum Gasteiger partial charge on any atom is 0.124 e. The van der Waals surface area contributed by atoms with Crippen LogP contribution in [-0.4, -0.2) is 17.3 Å². The minimum atomic E-state index is -1.08. The maximum atomic E-state index is 11.8. The Balaban J connectivity index is 2.62. The topological polar surface area (TPSA) is 55.1 Å². The van der Waals surface area contributed by atoms with E-state index in [4.69, 9.17) is 5.73 Å². The molecule has 0 aromatic heterocycles. The van der Waals surface area contributed by atoms with Crippen molar-refractivity contribution in [1.29, 1.82) is 0 Å². The molecule has 1 atom stereocenters. The molecule has 0 heterocycles. The lowest BCUT2D eigenvalue weighted by atomic mass is 10.1. The van der Waals surface area contributed by atoms with Gasteiger partial charge in [-0.15, -0.1) is 0 Å². The second-order valence-corrected chi connectivity index (χ2v) is 5.00. The summed E-state index contributed by atoms with van der Waals surface area (Å²) in [5.41, 5.74) is 6.67. The standard InChI is InChI=1S/C12H20N2OS/c1-2-9-14-16(15)12-7-3-5-11(10-12)6-4-8-13/h3,5,7,10,14H,2,4,6,8-9,13H2,1H3. The first-order valence-electron chi connectivity index (χ1n) is 5.72. The average Bonchev–Trinajstić information content (AvgIpc) is 2.33. The Morgan fingerprint density at radius 1 is 1.44 bits per heavy atom. The molecule has 3 nitrogen and oxygen atoms in total. The van der Waals surface area contributed by atoms with Crippen LogP contribution in [0.15, 0.2) is 29.2 Å². The number of nitrogens with one attached hydrogen (secondary N) is 1. The molecule has 90 valence electrons. The van der Waals surface area contributed by atoms with E-state index in [2.05, 4.69) is 17.7 Å². The third-order valence-corrected chi connectivity index (χ3v) is 3.41. The van der Waals surface area contributed by atoms with Crippen molar-refractivity contribution >= 4 is 11.0 Å². The van der Waals surface area contributed by atoms with Gasteiger partial charge in [-0.1, -0.05) is 19.1 Å².